The van der Waals surface area contributed by atoms with E-state index in [0.29, 0.717) is 6.42 Å². The fourth-order valence-electron chi connectivity index (χ4n) is 1.97. The van der Waals surface area contributed by atoms with E-state index >= 15 is 0 Å². The summed E-state index contributed by atoms with van der Waals surface area (Å²) in [7, 11) is 0. The molecular formula is C16H19BrOS. The van der Waals surface area contributed by atoms with Gasteiger partial charge in [0.05, 0.1) is 6.10 Å². The second kappa shape index (κ2) is 5.78. The van der Waals surface area contributed by atoms with Crippen LogP contribution in [0.5, 0.6) is 0 Å². The zero-order chi connectivity index (χ0) is 14.0. The predicted octanol–water partition coefficient (Wildman–Crippen LogP) is 5.08. The van der Waals surface area contributed by atoms with Crippen LogP contribution < -0.4 is 0 Å². The van der Waals surface area contributed by atoms with Gasteiger partial charge in [0, 0.05) is 15.8 Å². The van der Waals surface area contributed by atoms with E-state index in [0.717, 1.165) is 10.0 Å². The number of hydrogen-bond acceptors (Lipinski definition) is 2. The molecule has 0 bridgehead atoms. The molecule has 0 radical (unpaired) electrons. The summed E-state index contributed by atoms with van der Waals surface area (Å²) in [6, 6.07) is 10.3. The SMILES string of the molecule is CC(C)(C)c1ccc(C(O)Cc2sccc2Br)cc1. The van der Waals surface area contributed by atoms with Crippen LogP contribution in [0, 0.1) is 0 Å². The van der Waals surface area contributed by atoms with Gasteiger partial charge < -0.3 is 5.11 Å². The Hall–Kier alpha value is -0.640. The van der Waals surface area contributed by atoms with E-state index in [1.807, 2.05) is 23.6 Å². The smallest absolute Gasteiger partial charge is 0.0838 e. The van der Waals surface area contributed by atoms with Crippen molar-refractivity contribution in [3.63, 3.8) is 0 Å². The molecule has 0 amide bonds. The first-order valence-electron chi connectivity index (χ1n) is 6.38. The third-order valence-corrected chi connectivity index (χ3v) is 5.18. The van der Waals surface area contributed by atoms with Gasteiger partial charge in [-0.25, -0.2) is 0 Å². The summed E-state index contributed by atoms with van der Waals surface area (Å²) in [5, 5.41) is 12.3. The summed E-state index contributed by atoms with van der Waals surface area (Å²) >= 11 is 5.18. The van der Waals surface area contributed by atoms with E-state index in [4.69, 9.17) is 0 Å². The van der Waals surface area contributed by atoms with Gasteiger partial charge in [0.2, 0.25) is 0 Å². The van der Waals surface area contributed by atoms with E-state index in [-0.39, 0.29) is 5.41 Å². The van der Waals surface area contributed by atoms with Gasteiger partial charge in [0.15, 0.2) is 0 Å². The summed E-state index contributed by atoms with van der Waals surface area (Å²) in [6.07, 6.45) is 0.219. The molecule has 102 valence electrons. The molecule has 0 saturated heterocycles. The average molecular weight is 339 g/mol. The minimum atomic E-state index is -0.441. The highest BCUT2D eigenvalue weighted by molar-refractivity contribution is 9.10. The van der Waals surface area contributed by atoms with Gasteiger partial charge >= 0.3 is 0 Å². The van der Waals surface area contributed by atoms with Crippen molar-refractivity contribution in [2.75, 3.05) is 0 Å². The molecule has 0 aliphatic rings. The van der Waals surface area contributed by atoms with Crippen LogP contribution in [-0.2, 0) is 11.8 Å². The van der Waals surface area contributed by atoms with Crippen LogP contribution in [0.2, 0.25) is 0 Å². The number of aliphatic hydroxyl groups is 1. The molecule has 3 heteroatoms. The van der Waals surface area contributed by atoms with Gasteiger partial charge in [-0.05, 0) is 43.9 Å². The van der Waals surface area contributed by atoms with Crippen LogP contribution in [-0.4, -0.2) is 5.11 Å². The zero-order valence-corrected chi connectivity index (χ0v) is 13.9. The maximum absolute atomic E-state index is 10.3. The van der Waals surface area contributed by atoms with Gasteiger partial charge in [0.25, 0.3) is 0 Å². The van der Waals surface area contributed by atoms with Gasteiger partial charge in [-0.1, -0.05) is 45.0 Å². The fraction of sp³-hybridized carbons (Fsp3) is 0.375. The van der Waals surface area contributed by atoms with E-state index in [1.165, 1.54) is 10.4 Å². The molecule has 0 aliphatic heterocycles. The first kappa shape index (κ1) is 14.8. The summed E-state index contributed by atoms with van der Waals surface area (Å²) in [6.45, 7) is 6.59. The molecular weight excluding hydrogens is 320 g/mol. The topological polar surface area (TPSA) is 20.2 Å². The molecule has 1 N–H and O–H groups in total. The van der Waals surface area contributed by atoms with Crippen molar-refractivity contribution < 1.29 is 5.11 Å². The maximum atomic E-state index is 10.3. The first-order valence-corrected chi connectivity index (χ1v) is 8.05. The molecule has 1 unspecified atom stereocenters. The largest absolute Gasteiger partial charge is 0.388 e. The Morgan fingerprint density at radius 1 is 1.16 bits per heavy atom. The molecule has 2 aromatic rings. The Kier molecular flexibility index (Phi) is 4.49. The van der Waals surface area contributed by atoms with Gasteiger partial charge in [-0.2, -0.15) is 0 Å². The Bertz CT molecular complexity index is 537. The fourth-order valence-corrected chi connectivity index (χ4v) is 3.52. The Morgan fingerprint density at radius 2 is 1.79 bits per heavy atom. The van der Waals surface area contributed by atoms with Crippen molar-refractivity contribution in [3.8, 4) is 0 Å². The van der Waals surface area contributed by atoms with E-state index in [9.17, 15) is 5.11 Å². The van der Waals surface area contributed by atoms with Crippen LogP contribution >= 0.6 is 27.3 Å². The molecule has 0 fully saturated rings. The Morgan fingerprint density at radius 3 is 2.26 bits per heavy atom. The highest BCUT2D eigenvalue weighted by Gasteiger charge is 2.15. The molecule has 1 nitrogen and oxygen atoms in total. The van der Waals surface area contributed by atoms with Crippen LogP contribution in [0.1, 0.15) is 42.9 Å². The minimum Gasteiger partial charge on any atom is -0.388 e. The van der Waals surface area contributed by atoms with Crippen molar-refractivity contribution in [2.45, 2.75) is 38.7 Å². The average Bonchev–Trinajstić information content (AvgIpc) is 2.74. The predicted molar refractivity (Wildman–Crippen MR) is 85.8 cm³/mol. The second-order valence-electron chi connectivity index (χ2n) is 5.78. The second-order valence-corrected chi connectivity index (χ2v) is 7.64. The lowest BCUT2D eigenvalue weighted by Crippen LogP contribution is -2.11. The van der Waals surface area contributed by atoms with Crippen molar-refractivity contribution in [1.29, 1.82) is 0 Å². The van der Waals surface area contributed by atoms with Gasteiger partial charge in [-0.3, -0.25) is 0 Å². The summed E-state index contributed by atoms with van der Waals surface area (Å²) < 4.78 is 1.09. The lowest BCUT2D eigenvalue weighted by Gasteiger charge is -2.20. The van der Waals surface area contributed by atoms with Crippen molar-refractivity contribution in [2.24, 2.45) is 0 Å². The van der Waals surface area contributed by atoms with Crippen molar-refractivity contribution >= 4 is 27.3 Å². The maximum Gasteiger partial charge on any atom is 0.0838 e. The van der Waals surface area contributed by atoms with E-state index in [1.54, 1.807) is 11.3 Å². The molecule has 0 spiro atoms. The third-order valence-electron chi connectivity index (χ3n) is 3.23. The lowest BCUT2D eigenvalue weighted by atomic mass is 9.86. The highest BCUT2D eigenvalue weighted by Crippen LogP contribution is 2.29. The lowest BCUT2D eigenvalue weighted by molar-refractivity contribution is 0.179. The van der Waals surface area contributed by atoms with E-state index in [2.05, 4.69) is 48.8 Å². The Labute approximate surface area is 127 Å². The standard InChI is InChI=1S/C16H19BrOS/c1-16(2,3)12-6-4-11(5-7-12)14(18)10-15-13(17)8-9-19-15/h4-9,14,18H,10H2,1-3H3. The highest BCUT2D eigenvalue weighted by atomic mass is 79.9. The summed E-state index contributed by atoms with van der Waals surface area (Å²) in [4.78, 5) is 1.19. The molecule has 0 aliphatic carbocycles. The monoisotopic (exact) mass is 338 g/mol. The van der Waals surface area contributed by atoms with Crippen LogP contribution in [0.4, 0.5) is 0 Å². The Balaban J connectivity index is 2.12. The normalized spacial score (nSPS) is 13.5. The van der Waals surface area contributed by atoms with Gasteiger partial charge in [0.1, 0.15) is 0 Å². The zero-order valence-electron chi connectivity index (χ0n) is 11.5. The number of benzene rings is 1. The number of rotatable bonds is 3. The molecule has 1 aromatic heterocycles. The van der Waals surface area contributed by atoms with Gasteiger partial charge in [-0.15, -0.1) is 11.3 Å². The number of aliphatic hydroxyl groups excluding tert-OH is 1. The molecule has 1 atom stereocenters. The van der Waals surface area contributed by atoms with Crippen LogP contribution in [0.25, 0.3) is 0 Å². The third kappa shape index (κ3) is 3.68. The molecule has 0 saturated carbocycles. The summed E-state index contributed by atoms with van der Waals surface area (Å²) in [5.41, 5.74) is 2.43. The number of thiophene rings is 1. The van der Waals surface area contributed by atoms with Crippen molar-refractivity contribution in [1.82, 2.24) is 0 Å². The molecule has 1 aromatic carbocycles. The molecule has 1 heterocycles. The van der Waals surface area contributed by atoms with E-state index < -0.39 is 6.10 Å². The quantitative estimate of drug-likeness (QED) is 0.826. The first-order chi connectivity index (χ1) is 8.88. The van der Waals surface area contributed by atoms with Crippen LogP contribution in [0.3, 0.4) is 0 Å². The van der Waals surface area contributed by atoms with Crippen molar-refractivity contribution in [3.05, 3.63) is 56.2 Å². The number of hydrogen-bond donors (Lipinski definition) is 1. The summed E-state index contributed by atoms with van der Waals surface area (Å²) in [5.74, 6) is 0. The van der Waals surface area contributed by atoms with Crippen LogP contribution in [0.15, 0.2) is 40.2 Å². The molecule has 2 rings (SSSR count). The number of halogens is 1. The minimum absolute atomic E-state index is 0.153. The molecule has 19 heavy (non-hydrogen) atoms.